The molecule has 2 atom stereocenters. The van der Waals surface area contributed by atoms with Crippen molar-refractivity contribution in [3.63, 3.8) is 0 Å². The number of hydrogen-bond donors (Lipinski definition) is 2. The van der Waals surface area contributed by atoms with Gasteiger partial charge < -0.3 is 15.4 Å². The van der Waals surface area contributed by atoms with Crippen molar-refractivity contribution in [2.75, 3.05) is 25.0 Å². The van der Waals surface area contributed by atoms with Crippen LogP contribution in [-0.2, 0) is 10.0 Å². The Morgan fingerprint density at radius 3 is 2.50 bits per heavy atom. The molecule has 2 N–H and O–H groups in total. The van der Waals surface area contributed by atoms with Crippen molar-refractivity contribution in [2.24, 2.45) is 5.92 Å². The number of thiocarbonyl (C=S) groups is 1. The zero-order valence-corrected chi connectivity index (χ0v) is 19.0. The number of nitrogens with zero attached hydrogens (tertiary/aromatic N) is 1. The van der Waals surface area contributed by atoms with E-state index in [0.29, 0.717) is 48.2 Å². The molecule has 1 aromatic rings. The van der Waals surface area contributed by atoms with E-state index >= 15 is 0 Å². The van der Waals surface area contributed by atoms with Gasteiger partial charge in [0.1, 0.15) is 5.75 Å². The van der Waals surface area contributed by atoms with Crippen LogP contribution in [0.3, 0.4) is 0 Å². The van der Waals surface area contributed by atoms with Crippen LogP contribution in [0.5, 0.6) is 5.75 Å². The fraction of sp³-hybridized carbons (Fsp3) is 0.650. The zero-order chi connectivity index (χ0) is 20.7. The summed E-state index contributed by atoms with van der Waals surface area (Å²) in [5.41, 5.74) is 0.566. The summed E-state index contributed by atoms with van der Waals surface area (Å²) >= 11 is 5.51. The number of nitrogens with one attached hydrogen (secondary N) is 2. The van der Waals surface area contributed by atoms with Crippen molar-refractivity contribution >= 4 is 33.0 Å². The van der Waals surface area contributed by atoms with Crippen LogP contribution in [0.15, 0.2) is 23.1 Å². The van der Waals surface area contributed by atoms with Gasteiger partial charge >= 0.3 is 0 Å². The Morgan fingerprint density at radius 1 is 1.21 bits per heavy atom. The molecule has 0 aromatic heterocycles. The fourth-order valence-corrected chi connectivity index (χ4v) is 5.36. The van der Waals surface area contributed by atoms with E-state index in [1.54, 1.807) is 18.2 Å². The summed E-state index contributed by atoms with van der Waals surface area (Å²) in [5, 5.41) is 7.05. The predicted molar refractivity (Wildman–Crippen MR) is 118 cm³/mol. The maximum absolute atomic E-state index is 12.9. The molecule has 0 heterocycles. The van der Waals surface area contributed by atoms with Crippen LogP contribution >= 0.6 is 12.2 Å². The highest BCUT2D eigenvalue weighted by Gasteiger charge is 2.24. The van der Waals surface area contributed by atoms with Gasteiger partial charge in [-0.05, 0) is 56.1 Å². The molecule has 0 bridgehead atoms. The lowest BCUT2D eigenvalue weighted by Gasteiger charge is -2.30. The van der Waals surface area contributed by atoms with Crippen LogP contribution in [0.4, 0.5) is 5.69 Å². The average Bonchev–Trinajstić information content (AvgIpc) is 2.66. The molecule has 0 aliphatic heterocycles. The van der Waals surface area contributed by atoms with Gasteiger partial charge in [-0.3, -0.25) is 0 Å². The molecule has 8 heteroatoms. The van der Waals surface area contributed by atoms with Crippen LogP contribution < -0.4 is 15.4 Å². The summed E-state index contributed by atoms with van der Waals surface area (Å²) in [5.74, 6) is 1.15. The molecule has 158 valence electrons. The molecule has 0 unspecified atom stereocenters. The van der Waals surface area contributed by atoms with Crippen LogP contribution in [0.1, 0.15) is 53.4 Å². The Labute approximate surface area is 175 Å². The third-order valence-electron chi connectivity index (χ3n) is 5.27. The summed E-state index contributed by atoms with van der Waals surface area (Å²) in [6.45, 7) is 9.13. The summed E-state index contributed by atoms with van der Waals surface area (Å²) < 4.78 is 32.8. The third kappa shape index (κ3) is 5.58. The minimum absolute atomic E-state index is 0.232. The second-order valence-corrected chi connectivity index (χ2v) is 9.49. The first-order chi connectivity index (χ1) is 13.3. The molecule has 0 spiro atoms. The first-order valence-corrected chi connectivity index (χ1v) is 12.0. The van der Waals surface area contributed by atoms with Crippen LogP contribution in [0, 0.1) is 5.92 Å². The van der Waals surface area contributed by atoms with Gasteiger partial charge in [0.05, 0.1) is 17.2 Å². The van der Waals surface area contributed by atoms with Gasteiger partial charge in [0, 0.05) is 19.1 Å². The summed E-state index contributed by atoms with van der Waals surface area (Å²) in [4.78, 5) is 0.232. The zero-order valence-electron chi connectivity index (χ0n) is 17.3. The lowest BCUT2D eigenvalue weighted by molar-refractivity contribution is 0.309. The van der Waals surface area contributed by atoms with Crippen molar-refractivity contribution in [1.29, 1.82) is 0 Å². The van der Waals surface area contributed by atoms with Crippen LogP contribution in [0.2, 0.25) is 0 Å². The van der Waals surface area contributed by atoms with E-state index in [4.69, 9.17) is 17.0 Å². The molecule has 1 saturated carbocycles. The molecular weight excluding hydrogens is 394 g/mol. The number of benzene rings is 1. The Hall–Kier alpha value is -1.38. The van der Waals surface area contributed by atoms with Crippen molar-refractivity contribution < 1.29 is 13.2 Å². The van der Waals surface area contributed by atoms with E-state index < -0.39 is 10.0 Å². The topological polar surface area (TPSA) is 70.7 Å². The lowest BCUT2D eigenvalue weighted by Crippen LogP contribution is -2.43. The van der Waals surface area contributed by atoms with Gasteiger partial charge in [-0.2, -0.15) is 4.31 Å². The van der Waals surface area contributed by atoms with Crippen molar-refractivity contribution in [1.82, 2.24) is 9.62 Å². The highest BCUT2D eigenvalue weighted by atomic mass is 32.2. The maximum atomic E-state index is 12.9. The van der Waals surface area contributed by atoms with E-state index in [1.807, 2.05) is 20.8 Å². The molecule has 1 aromatic carbocycles. The maximum Gasteiger partial charge on any atom is 0.243 e. The highest BCUT2D eigenvalue weighted by molar-refractivity contribution is 7.89. The van der Waals surface area contributed by atoms with E-state index in [2.05, 4.69) is 17.6 Å². The number of sulfonamides is 1. The minimum Gasteiger partial charge on any atom is -0.492 e. The van der Waals surface area contributed by atoms with Gasteiger partial charge in [-0.25, -0.2) is 8.42 Å². The van der Waals surface area contributed by atoms with Gasteiger partial charge in [0.15, 0.2) is 5.11 Å². The van der Waals surface area contributed by atoms with Gasteiger partial charge in [0.25, 0.3) is 0 Å². The molecule has 0 saturated heterocycles. The molecule has 28 heavy (non-hydrogen) atoms. The molecule has 1 fully saturated rings. The molecule has 0 radical (unpaired) electrons. The number of rotatable bonds is 8. The average molecular weight is 428 g/mol. The normalized spacial score (nSPS) is 20.0. The molecule has 1 aliphatic carbocycles. The van der Waals surface area contributed by atoms with Crippen molar-refractivity contribution in [2.45, 2.75) is 64.3 Å². The van der Waals surface area contributed by atoms with Crippen LogP contribution in [-0.4, -0.2) is 43.6 Å². The summed E-state index contributed by atoms with van der Waals surface area (Å²) in [6.07, 6.45) is 4.76. The third-order valence-corrected chi connectivity index (χ3v) is 7.54. The quantitative estimate of drug-likeness (QED) is 0.612. The summed E-state index contributed by atoms with van der Waals surface area (Å²) in [6, 6.07) is 5.22. The first kappa shape index (κ1) is 22.9. The lowest BCUT2D eigenvalue weighted by atomic mass is 9.86. The Morgan fingerprint density at radius 2 is 1.89 bits per heavy atom. The molecule has 0 amide bonds. The smallest absolute Gasteiger partial charge is 0.243 e. The number of ether oxygens (including phenoxy) is 1. The van der Waals surface area contributed by atoms with E-state index in [9.17, 15) is 8.42 Å². The Balaban J connectivity index is 2.24. The second kappa shape index (κ2) is 10.4. The fourth-order valence-electron chi connectivity index (χ4n) is 3.62. The predicted octanol–water partition coefficient (Wildman–Crippen LogP) is 3.98. The van der Waals surface area contributed by atoms with E-state index in [0.717, 1.165) is 6.42 Å². The van der Waals surface area contributed by atoms with E-state index in [1.165, 1.54) is 23.6 Å². The monoisotopic (exact) mass is 427 g/mol. The highest BCUT2D eigenvalue weighted by Crippen LogP contribution is 2.30. The minimum atomic E-state index is -3.55. The molecule has 2 rings (SSSR count). The van der Waals surface area contributed by atoms with Crippen molar-refractivity contribution in [3.8, 4) is 5.75 Å². The first-order valence-electron chi connectivity index (χ1n) is 10.2. The largest absolute Gasteiger partial charge is 0.492 e. The summed E-state index contributed by atoms with van der Waals surface area (Å²) in [7, 11) is -3.55. The molecule has 1 aliphatic rings. The molecular formula is C20H33N3O3S2. The van der Waals surface area contributed by atoms with Gasteiger partial charge in [-0.15, -0.1) is 0 Å². The standard InChI is InChI=1S/C20H33N3O3S2/c1-5-23(6-2)28(24,25)16-12-13-19(26-7-3)18(14-16)22-20(27)21-17-11-9-8-10-15(17)4/h12-15,17H,5-11H2,1-4H3,(H2,21,22,27)/t15-,17-/m1/s1. The van der Waals surface area contributed by atoms with Crippen LogP contribution in [0.25, 0.3) is 0 Å². The van der Waals surface area contributed by atoms with Crippen molar-refractivity contribution in [3.05, 3.63) is 18.2 Å². The number of anilines is 1. The van der Waals surface area contributed by atoms with Gasteiger partial charge in [0.2, 0.25) is 10.0 Å². The van der Waals surface area contributed by atoms with E-state index in [-0.39, 0.29) is 4.90 Å². The second-order valence-electron chi connectivity index (χ2n) is 7.15. The Bertz CT molecular complexity index is 764. The Kier molecular flexibility index (Phi) is 8.52. The van der Waals surface area contributed by atoms with Gasteiger partial charge in [-0.1, -0.05) is 33.6 Å². The molecule has 6 nitrogen and oxygen atoms in total. The number of hydrogen-bond acceptors (Lipinski definition) is 4. The SMILES string of the molecule is CCOc1ccc(S(=O)(=O)N(CC)CC)cc1NC(=S)N[C@@H]1CCCC[C@H]1C.